The molecule has 0 heterocycles. The molecule has 4 heteroatoms. The molecule has 0 saturated heterocycles. The van der Waals surface area contributed by atoms with Crippen LogP contribution in [0.25, 0.3) is 0 Å². The summed E-state index contributed by atoms with van der Waals surface area (Å²) in [5.74, 6) is 0.0820. The van der Waals surface area contributed by atoms with E-state index in [1.54, 1.807) is 0 Å². The number of hydrogen-bond donors (Lipinski definition) is 2. The van der Waals surface area contributed by atoms with Crippen LogP contribution in [0.4, 0.5) is 0 Å². The lowest BCUT2D eigenvalue weighted by molar-refractivity contribution is -0.121. The van der Waals surface area contributed by atoms with Crippen molar-refractivity contribution < 1.29 is 9.59 Å². The summed E-state index contributed by atoms with van der Waals surface area (Å²) >= 11 is 0. The Bertz CT molecular complexity index is 600. The zero-order valence-corrected chi connectivity index (χ0v) is 28.7. The summed E-state index contributed by atoms with van der Waals surface area (Å²) in [6.07, 6.45) is 43.4. The number of carbonyl (C=O) groups is 2. The quantitative estimate of drug-likeness (QED) is 0.0622. The third-order valence-corrected chi connectivity index (χ3v) is 7.70. The molecular weight excluding hydrogens is 516 g/mol. The number of nitrogens with two attached hydrogens (primary N) is 1. The normalized spacial score (nSPS) is 11.2. The van der Waals surface area contributed by atoms with Gasteiger partial charge < -0.3 is 11.1 Å². The first-order chi connectivity index (χ1) is 20.6. The van der Waals surface area contributed by atoms with Crippen LogP contribution in [0.3, 0.4) is 0 Å². The number of hydrogen-bond acceptors (Lipinski definition) is 2. The molecule has 0 atom stereocenters. The summed E-state index contributed by atoms with van der Waals surface area (Å²) in [5, 5.41) is 3.04. The first-order valence-electron chi connectivity index (χ1n) is 18.4. The Morgan fingerprint density at radius 3 is 1.19 bits per heavy atom. The van der Waals surface area contributed by atoms with E-state index >= 15 is 0 Å². The van der Waals surface area contributed by atoms with Gasteiger partial charge in [-0.3, -0.25) is 9.59 Å². The summed E-state index contributed by atoms with van der Waals surface area (Å²) in [7, 11) is 0. The molecule has 0 rings (SSSR count). The molecule has 0 aromatic rings. The van der Waals surface area contributed by atoms with E-state index in [0.29, 0.717) is 12.8 Å². The van der Waals surface area contributed by atoms with Crippen LogP contribution in [0.15, 0.2) is 24.3 Å². The highest BCUT2D eigenvalue weighted by Crippen LogP contribution is 2.10. The Labute approximate surface area is 263 Å². The Morgan fingerprint density at radius 1 is 0.452 bits per heavy atom. The molecule has 0 aliphatic carbocycles. The summed E-state index contributed by atoms with van der Waals surface area (Å²) < 4.78 is 0. The maximum Gasteiger partial charge on any atom is 0.219 e. The minimum Gasteiger partial charge on any atom is -0.370 e. The molecule has 0 saturated carbocycles. The third-order valence-electron chi connectivity index (χ3n) is 7.70. The van der Waals surface area contributed by atoms with Crippen LogP contribution in [0.2, 0.25) is 0 Å². The highest BCUT2D eigenvalue weighted by atomic mass is 16.1. The molecule has 0 unspecified atom stereocenters. The average molecular weight is 591 g/mol. The number of nitrogens with one attached hydrogen (secondary N) is 1. The maximum atomic E-state index is 11.7. The Balaban J connectivity index is 0. The van der Waals surface area contributed by atoms with Gasteiger partial charge in [0.2, 0.25) is 11.8 Å². The molecule has 2 amide bonds. The van der Waals surface area contributed by atoms with Crippen molar-refractivity contribution in [2.45, 2.75) is 201 Å². The van der Waals surface area contributed by atoms with E-state index in [9.17, 15) is 9.59 Å². The second kappa shape index (κ2) is 39.4. The lowest BCUT2D eigenvalue weighted by atomic mass is 10.1. The van der Waals surface area contributed by atoms with Gasteiger partial charge in [-0.05, 0) is 70.6 Å². The monoisotopic (exact) mass is 591 g/mol. The van der Waals surface area contributed by atoms with Crippen molar-refractivity contribution in [2.75, 3.05) is 6.54 Å². The molecule has 4 nitrogen and oxygen atoms in total. The van der Waals surface area contributed by atoms with Crippen molar-refractivity contribution in [3.8, 4) is 0 Å². The number of amides is 2. The van der Waals surface area contributed by atoms with Crippen molar-refractivity contribution in [1.29, 1.82) is 0 Å². The standard InChI is InChI=1S/C22H43NO.C16H31NO/c1-3-5-7-9-10-11-12-13-14-15-16-17-18-20-22(24)23-21-19-8-6-4-2;1-2-3-4-5-6-7-8-9-10-11-12-13-14-15-16(17)18/h11-12H,3-10,13-21H2,1-2H3,(H,23,24);7-8H,2-6,9-15H2,1H3,(H2,17,18)/b12-11-;8-7-. The van der Waals surface area contributed by atoms with Gasteiger partial charge in [-0.2, -0.15) is 0 Å². The molecule has 0 fully saturated rings. The lowest BCUT2D eigenvalue weighted by Gasteiger charge is -2.05. The van der Waals surface area contributed by atoms with Gasteiger partial charge in [-0.15, -0.1) is 0 Å². The third kappa shape index (κ3) is 42.9. The summed E-state index contributed by atoms with van der Waals surface area (Å²) in [4.78, 5) is 22.2. The first kappa shape index (κ1) is 42.6. The van der Waals surface area contributed by atoms with Crippen molar-refractivity contribution in [1.82, 2.24) is 5.32 Å². The predicted octanol–water partition coefficient (Wildman–Crippen LogP) is 11.7. The molecule has 0 aliphatic rings. The van der Waals surface area contributed by atoms with Crippen LogP contribution in [-0.4, -0.2) is 18.4 Å². The second-order valence-corrected chi connectivity index (χ2v) is 12.1. The molecule has 248 valence electrons. The summed E-state index contributed by atoms with van der Waals surface area (Å²) in [6, 6.07) is 0. The minimum absolute atomic E-state index is 0.166. The SMILES string of the molecule is CCCCCC/C=C\CCCCCCCC(=O)NCCCCCC.CCCCCC/C=C\CCCCCCCC(N)=O. The number of allylic oxidation sites excluding steroid dienone is 4. The fraction of sp³-hybridized carbons (Fsp3) is 0.842. The molecule has 0 aromatic heterocycles. The number of primary amides is 1. The van der Waals surface area contributed by atoms with Gasteiger partial charge >= 0.3 is 0 Å². The van der Waals surface area contributed by atoms with Gasteiger partial charge in [0.15, 0.2) is 0 Å². The molecule has 3 N–H and O–H groups in total. The Kier molecular flexibility index (Phi) is 39.9. The van der Waals surface area contributed by atoms with Crippen molar-refractivity contribution in [3.05, 3.63) is 24.3 Å². The molecule has 0 aliphatic heterocycles. The number of unbranched alkanes of at least 4 members (excludes halogenated alkanes) is 21. The van der Waals surface area contributed by atoms with Gasteiger partial charge in [0, 0.05) is 19.4 Å². The van der Waals surface area contributed by atoms with Crippen LogP contribution in [-0.2, 0) is 9.59 Å². The first-order valence-corrected chi connectivity index (χ1v) is 18.4. The van der Waals surface area contributed by atoms with E-state index in [4.69, 9.17) is 5.73 Å². The zero-order valence-electron chi connectivity index (χ0n) is 28.7. The van der Waals surface area contributed by atoms with Crippen molar-refractivity contribution in [2.24, 2.45) is 5.73 Å². The van der Waals surface area contributed by atoms with E-state index in [1.807, 2.05) is 0 Å². The van der Waals surface area contributed by atoms with Crippen LogP contribution < -0.4 is 11.1 Å². The van der Waals surface area contributed by atoms with Crippen molar-refractivity contribution in [3.63, 3.8) is 0 Å². The molecular formula is C38H74N2O2. The molecule has 0 radical (unpaired) electrons. The Morgan fingerprint density at radius 2 is 0.786 bits per heavy atom. The lowest BCUT2D eigenvalue weighted by Crippen LogP contribution is -2.23. The topological polar surface area (TPSA) is 72.2 Å². The minimum atomic E-state index is -0.166. The fourth-order valence-corrected chi connectivity index (χ4v) is 4.89. The zero-order chi connectivity index (χ0) is 31.2. The van der Waals surface area contributed by atoms with Crippen LogP contribution >= 0.6 is 0 Å². The largest absolute Gasteiger partial charge is 0.370 e. The second-order valence-electron chi connectivity index (χ2n) is 12.1. The van der Waals surface area contributed by atoms with Crippen molar-refractivity contribution >= 4 is 11.8 Å². The van der Waals surface area contributed by atoms with Gasteiger partial charge in [0.1, 0.15) is 0 Å². The van der Waals surface area contributed by atoms with E-state index in [1.165, 1.54) is 141 Å². The number of carbonyl (C=O) groups excluding carboxylic acids is 2. The highest BCUT2D eigenvalue weighted by Gasteiger charge is 2.00. The van der Waals surface area contributed by atoms with Gasteiger partial charge in [0.25, 0.3) is 0 Å². The molecule has 42 heavy (non-hydrogen) atoms. The fourth-order valence-electron chi connectivity index (χ4n) is 4.89. The summed E-state index contributed by atoms with van der Waals surface area (Å²) in [5.41, 5.74) is 5.08. The molecule has 0 aromatic carbocycles. The number of rotatable bonds is 31. The maximum absolute atomic E-state index is 11.7. The van der Waals surface area contributed by atoms with E-state index in [2.05, 4.69) is 50.4 Å². The Hall–Kier alpha value is -1.58. The van der Waals surface area contributed by atoms with E-state index < -0.39 is 0 Å². The van der Waals surface area contributed by atoms with E-state index in [0.717, 1.165) is 32.2 Å². The summed E-state index contributed by atoms with van der Waals surface area (Å²) in [6.45, 7) is 7.59. The van der Waals surface area contributed by atoms with E-state index in [-0.39, 0.29) is 11.8 Å². The molecule has 0 bridgehead atoms. The smallest absolute Gasteiger partial charge is 0.219 e. The molecule has 0 spiro atoms. The van der Waals surface area contributed by atoms with Crippen LogP contribution in [0.5, 0.6) is 0 Å². The van der Waals surface area contributed by atoms with Crippen LogP contribution in [0.1, 0.15) is 201 Å². The van der Waals surface area contributed by atoms with Gasteiger partial charge in [-0.25, -0.2) is 0 Å². The average Bonchev–Trinajstić information content (AvgIpc) is 2.98. The van der Waals surface area contributed by atoms with Gasteiger partial charge in [0.05, 0.1) is 0 Å². The van der Waals surface area contributed by atoms with Crippen LogP contribution in [0, 0.1) is 0 Å². The highest BCUT2D eigenvalue weighted by molar-refractivity contribution is 5.75. The van der Waals surface area contributed by atoms with Gasteiger partial charge in [-0.1, -0.05) is 141 Å². The predicted molar refractivity (Wildman–Crippen MR) is 187 cm³/mol.